The number of rotatable bonds is 2. The van der Waals surface area contributed by atoms with Crippen LogP contribution in [0, 0.1) is 17.8 Å². The van der Waals surface area contributed by atoms with Gasteiger partial charge in [0.25, 0.3) is 0 Å². The second-order valence-electron chi connectivity index (χ2n) is 7.78. The standard InChI is InChI=1S/C18H19F3O2/c19-18(20,21)14-4-13(9-22)16(23)15(5-14)17-6-10-1-11(7-17)3-12(2-10)8-17/h4-5,9-12,23H,1-3,6-8H2. The van der Waals surface area contributed by atoms with Gasteiger partial charge in [-0.25, -0.2) is 0 Å². The first-order chi connectivity index (χ1) is 10.8. The van der Waals surface area contributed by atoms with E-state index in [-0.39, 0.29) is 16.7 Å². The Morgan fingerprint density at radius 1 is 1.04 bits per heavy atom. The highest BCUT2D eigenvalue weighted by Gasteiger charge is 2.53. The molecule has 5 heteroatoms. The maximum Gasteiger partial charge on any atom is 0.416 e. The van der Waals surface area contributed by atoms with Crippen molar-refractivity contribution in [1.82, 2.24) is 0 Å². The number of benzene rings is 1. The van der Waals surface area contributed by atoms with Gasteiger partial charge in [-0.3, -0.25) is 4.79 Å². The number of phenols is 1. The summed E-state index contributed by atoms with van der Waals surface area (Å²) in [6.07, 6.45) is 1.83. The molecule has 4 aliphatic carbocycles. The number of halogens is 3. The minimum Gasteiger partial charge on any atom is -0.507 e. The molecule has 0 unspecified atom stereocenters. The van der Waals surface area contributed by atoms with Crippen LogP contribution >= 0.6 is 0 Å². The fraction of sp³-hybridized carbons (Fsp3) is 0.611. The molecule has 4 bridgehead atoms. The summed E-state index contributed by atoms with van der Waals surface area (Å²) in [5.74, 6) is 1.41. The third-order valence-corrected chi connectivity index (χ3v) is 6.20. The Balaban J connectivity index is 1.86. The van der Waals surface area contributed by atoms with Crippen molar-refractivity contribution < 1.29 is 23.1 Å². The molecule has 1 aromatic carbocycles. The summed E-state index contributed by atoms with van der Waals surface area (Å²) in [5, 5.41) is 10.4. The van der Waals surface area contributed by atoms with E-state index in [9.17, 15) is 23.1 Å². The van der Waals surface area contributed by atoms with E-state index in [4.69, 9.17) is 0 Å². The molecule has 0 atom stereocenters. The average molecular weight is 324 g/mol. The summed E-state index contributed by atoms with van der Waals surface area (Å²) in [6, 6.07) is 1.85. The van der Waals surface area contributed by atoms with Crippen molar-refractivity contribution in [2.75, 3.05) is 0 Å². The Bertz CT molecular complexity index is 628. The Hall–Kier alpha value is -1.52. The summed E-state index contributed by atoms with van der Waals surface area (Å²) >= 11 is 0. The van der Waals surface area contributed by atoms with Gasteiger partial charge in [0, 0.05) is 5.56 Å². The summed E-state index contributed by atoms with van der Waals surface area (Å²) in [7, 11) is 0. The molecule has 0 saturated heterocycles. The maximum atomic E-state index is 13.2. The molecule has 0 amide bonds. The van der Waals surface area contributed by atoms with Gasteiger partial charge in [-0.1, -0.05) is 0 Å². The van der Waals surface area contributed by atoms with E-state index in [1.54, 1.807) is 0 Å². The topological polar surface area (TPSA) is 37.3 Å². The van der Waals surface area contributed by atoms with Crippen LogP contribution in [0.4, 0.5) is 13.2 Å². The first-order valence-corrected chi connectivity index (χ1v) is 8.20. The van der Waals surface area contributed by atoms with Gasteiger partial charge in [0.05, 0.1) is 11.1 Å². The van der Waals surface area contributed by atoms with Crippen molar-refractivity contribution in [1.29, 1.82) is 0 Å². The van der Waals surface area contributed by atoms with Crippen molar-refractivity contribution >= 4 is 6.29 Å². The Morgan fingerprint density at radius 2 is 1.57 bits per heavy atom. The molecule has 0 radical (unpaired) electrons. The van der Waals surface area contributed by atoms with E-state index in [0.29, 0.717) is 29.6 Å². The largest absolute Gasteiger partial charge is 0.507 e. The van der Waals surface area contributed by atoms with Crippen LogP contribution in [0.2, 0.25) is 0 Å². The molecule has 2 nitrogen and oxygen atoms in total. The number of carbonyl (C=O) groups excluding carboxylic acids is 1. The van der Waals surface area contributed by atoms with Crippen molar-refractivity contribution in [3.05, 3.63) is 28.8 Å². The SMILES string of the molecule is O=Cc1cc(C(F)(F)F)cc(C23CC4CC(CC(C4)C2)C3)c1O. The smallest absolute Gasteiger partial charge is 0.416 e. The zero-order chi connectivity index (χ0) is 16.4. The molecule has 1 N–H and O–H groups in total. The lowest BCUT2D eigenvalue weighted by Crippen LogP contribution is -2.48. The van der Waals surface area contributed by atoms with Crippen LogP contribution in [0.1, 0.15) is 60.0 Å². The van der Waals surface area contributed by atoms with Gasteiger partial charge in [-0.2, -0.15) is 13.2 Å². The number of hydrogen-bond acceptors (Lipinski definition) is 2. The Kier molecular flexibility index (Phi) is 3.10. The van der Waals surface area contributed by atoms with Gasteiger partial charge in [-0.05, 0) is 73.8 Å². The van der Waals surface area contributed by atoms with Crippen LogP contribution in [0.25, 0.3) is 0 Å². The second-order valence-corrected chi connectivity index (χ2v) is 7.78. The van der Waals surface area contributed by atoms with Crippen molar-refractivity contribution in [3.8, 4) is 5.75 Å². The van der Waals surface area contributed by atoms with Gasteiger partial charge in [0.1, 0.15) is 5.75 Å². The monoisotopic (exact) mass is 324 g/mol. The molecule has 1 aromatic rings. The fourth-order valence-corrected chi connectivity index (χ4v) is 5.76. The minimum atomic E-state index is -4.51. The summed E-state index contributed by atoms with van der Waals surface area (Å²) in [4.78, 5) is 11.2. The zero-order valence-electron chi connectivity index (χ0n) is 12.7. The van der Waals surface area contributed by atoms with Crippen LogP contribution < -0.4 is 0 Å². The number of aromatic hydroxyl groups is 1. The van der Waals surface area contributed by atoms with E-state index < -0.39 is 11.7 Å². The average Bonchev–Trinajstić information content (AvgIpc) is 2.44. The van der Waals surface area contributed by atoms with Crippen LogP contribution in [0.5, 0.6) is 5.75 Å². The number of hydrogen-bond donors (Lipinski definition) is 1. The van der Waals surface area contributed by atoms with Crippen LogP contribution in [-0.2, 0) is 11.6 Å². The number of aldehydes is 1. The first kappa shape index (κ1) is 15.0. The molecule has 0 aromatic heterocycles. The second kappa shape index (κ2) is 4.74. The molecular formula is C18H19F3O2. The van der Waals surface area contributed by atoms with Gasteiger partial charge in [0.2, 0.25) is 0 Å². The molecule has 4 fully saturated rings. The van der Waals surface area contributed by atoms with E-state index in [1.165, 1.54) is 19.3 Å². The Morgan fingerprint density at radius 3 is 2.00 bits per heavy atom. The van der Waals surface area contributed by atoms with Crippen LogP contribution in [-0.4, -0.2) is 11.4 Å². The lowest BCUT2D eigenvalue weighted by Gasteiger charge is -2.57. The normalized spacial score (nSPS) is 35.5. The number of alkyl halides is 3. The van der Waals surface area contributed by atoms with Crippen LogP contribution in [0.15, 0.2) is 12.1 Å². The van der Waals surface area contributed by atoms with Crippen molar-refractivity contribution in [3.63, 3.8) is 0 Å². The molecule has 0 aliphatic heterocycles. The molecule has 0 heterocycles. The summed E-state index contributed by atoms with van der Waals surface area (Å²) in [6.45, 7) is 0. The van der Waals surface area contributed by atoms with E-state index >= 15 is 0 Å². The highest BCUT2D eigenvalue weighted by molar-refractivity contribution is 5.81. The zero-order valence-corrected chi connectivity index (χ0v) is 12.7. The number of carbonyl (C=O) groups is 1. The number of phenolic OH excluding ortho intramolecular Hbond substituents is 1. The highest BCUT2D eigenvalue weighted by atomic mass is 19.4. The van der Waals surface area contributed by atoms with E-state index in [0.717, 1.165) is 31.4 Å². The summed E-state index contributed by atoms with van der Waals surface area (Å²) < 4.78 is 39.6. The molecule has 23 heavy (non-hydrogen) atoms. The maximum absolute atomic E-state index is 13.2. The quantitative estimate of drug-likeness (QED) is 0.801. The van der Waals surface area contributed by atoms with Crippen LogP contribution in [0.3, 0.4) is 0 Å². The van der Waals surface area contributed by atoms with Gasteiger partial charge in [0.15, 0.2) is 6.29 Å². The van der Waals surface area contributed by atoms with E-state index in [1.807, 2.05) is 0 Å². The van der Waals surface area contributed by atoms with Gasteiger partial charge >= 0.3 is 6.18 Å². The van der Waals surface area contributed by atoms with E-state index in [2.05, 4.69) is 0 Å². The molecule has 0 spiro atoms. The highest BCUT2D eigenvalue weighted by Crippen LogP contribution is 2.62. The molecule has 4 saturated carbocycles. The summed E-state index contributed by atoms with van der Waals surface area (Å²) in [5.41, 5.74) is -1.10. The van der Waals surface area contributed by atoms with Gasteiger partial charge < -0.3 is 5.11 Å². The lowest BCUT2D eigenvalue weighted by molar-refractivity contribution is -0.137. The molecule has 124 valence electrons. The Labute approximate surface area is 132 Å². The van der Waals surface area contributed by atoms with Crippen molar-refractivity contribution in [2.24, 2.45) is 17.8 Å². The fourth-order valence-electron chi connectivity index (χ4n) is 5.76. The molecule has 5 rings (SSSR count). The van der Waals surface area contributed by atoms with Crippen molar-refractivity contribution in [2.45, 2.75) is 50.1 Å². The third-order valence-electron chi connectivity index (χ3n) is 6.20. The van der Waals surface area contributed by atoms with Gasteiger partial charge in [-0.15, -0.1) is 0 Å². The minimum absolute atomic E-state index is 0.241. The first-order valence-electron chi connectivity index (χ1n) is 8.20. The lowest BCUT2D eigenvalue weighted by atomic mass is 9.48. The third kappa shape index (κ3) is 2.27. The predicted octanol–water partition coefficient (Wildman–Crippen LogP) is 4.69. The molecular weight excluding hydrogens is 305 g/mol. The predicted molar refractivity (Wildman–Crippen MR) is 78.3 cm³/mol. The molecule has 4 aliphatic rings.